The van der Waals surface area contributed by atoms with Crippen LogP contribution < -0.4 is 5.23 Å². The largest absolute Gasteiger partial charge is 0.595 e. The smallest absolute Gasteiger partial charge is 0.330 e. The summed E-state index contributed by atoms with van der Waals surface area (Å²) in [7, 11) is 2.47. The molecule has 0 saturated carbocycles. The zero-order valence-corrected chi connectivity index (χ0v) is 11.5. The van der Waals surface area contributed by atoms with Gasteiger partial charge in [-0.3, -0.25) is 0 Å². The highest BCUT2D eigenvalue weighted by atomic mass is 16.8. The second-order valence-corrected chi connectivity index (χ2v) is 3.86. The Morgan fingerprint density at radius 3 is 2.24 bits per heavy atom. The number of nitrogens with one attached hydrogen (secondary N) is 1. The van der Waals surface area contributed by atoms with Crippen molar-refractivity contribution in [3.63, 3.8) is 0 Å². The van der Waals surface area contributed by atoms with E-state index in [1.165, 1.54) is 44.6 Å². The van der Waals surface area contributed by atoms with E-state index in [2.05, 4.69) is 9.47 Å². The molecule has 7 nitrogen and oxygen atoms in total. The third kappa shape index (κ3) is 5.19. The second-order valence-electron chi connectivity index (χ2n) is 3.86. The highest BCUT2D eigenvalue weighted by Gasteiger charge is 2.08. The minimum atomic E-state index is -1.15. The van der Waals surface area contributed by atoms with Gasteiger partial charge in [0.1, 0.15) is 0 Å². The Kier molecular flexibility index (Phi) is 6.28. The maximum atomic E-state index is 11.2. The van der Waals surface area contributed by atoms with Crippen LogP contribution in [0.4, 0.5) is 5.69 Å². The van der Waals surface area contributed by atoms with Crippen molar-refractivity contribution >= 4 is 29.8 Å². The van der Waals surface area contributed by atoms with E-state index in [0.29, 0.717) is 11.1 Å². The van der Waals surface area contributed by atoms with E-state index in [9.17, 15) is 20.0 Å². The zero-order valence-electron chi connectivity index (χ0n) is 11.5. The average Bonchev–Trinajstić information content (AvgIpc) is 2.50. The predicted molar refractivity (Wildman–Crippen MR) is 74.3 cm³/mol. The normalized spacial score (nSPS) is 12.6. The number of ether oxygens (including phenoxy) is 2. The fourth-order valence-electron chi connectivity index (χ4n) is 1.47. The van der Waals surface area contributed by atoms with Crippen LogP contribution in [-0.4, -0.2) is 31.4 Å². The first-order valence-electron chi connectivity index (χ1n) is 5.87. The van der Waals surface area contributed by atoms with Crippen molar-refractivity contribution in [2.24, 2.45) is 0 Å². The van der Waals surface area contributed by atoms with Crippen molar-refractivity contribution in [2.75, 3.05) is 14.2 Å². The van der Waals surface area contributed by atoms with Crippen LogP contribution in [0.3, 0.4) is 0 Å². The number of benzene rings is 1. The summed E-state index contributed by atoms with van der Waals surface area (Å²) in [5, 5.41) is 19.2. The fourth-order valence-corrected chi connectivity index (χ4v) is 1.47. The zero-order chi connectivity index (χ0) is 15.8. The highest BCUT2D eigenvalue weighted by molar-refractivity contribution is 5.89. The Balaban J connectivity index is 3.07. The van der Waals surface area contributed by atoms with Crippen molar-refractivity contribution in [3.05, 3.63) is 46.7 Å². The lowest BCUT2D eigenvalue weighted by atomic mass is 10.1. The summed E-state index contributed by atoms with van der Waals surface area (Å²) in [5.74, 6) is -1.12. The van der Waals surface area contributed by atoms with Crippen LogP contribution in [-0.2, 0) is 19.1 Å². The molecular formula is C14H15NO6. The van der Waals surface area contributed by atoms with E-state index in [0.717, 1.165) is 6.08 Å². The number of carbonyl (C=O) groups excluding carboxylic acids is 2. The molecule has 1 aromatic carbocycles. The van der Waals surface area contributed by atoms with Crippen LogP contribution in [0.25, 0.3) is 12.2 Å². The summed E-state index contributed by atoms with van der Waals surface area (Å²) in [6.45, 7) is 0. The molecule has 1 atom stereocenters. The van der Waals surface area contributed by atoms with Crippen LogP contribution in [0.1, 0.15) is 11.1 Å². The van der Waals surface area contributed by atoms with Crippen LogP contribution in [0.5, 0.6) is 0 Å². The second kappa shape index (κ2) is 7.95. The lowest BCUT2D eigenvalue weighted by molar-refractivity contribution is -0.991. The van der Waals surface area contributed by atoms with E-state index >= 15 is 0 Å². The molecule has 0 aromatic heterocycles. The van der Waals surface area contributed by atoms with Gasteiger partial charge in [-0.2, -0.15) is 5.23 Å². The molecule has 2 N–H and O–H groups in total. The number of esters is 2. The van der Waals surface area contributed by atoms with Gasteiger partial charge in [0.15, 0.2) is 5.69 Å². The summed E-state index contributed by atoms with van der Waals surface area (Å²) >= 11 is 0. The molecule has 0 aliphatic carbocycles. The molecule has 0 amide bonds. The average molecular weight is 293 g/mol. The van der Waals surface area contributed by atoms with Gasteiger partial charge in [-0.25, -0.2) is 14.8 Å². The summed E-state index contributed by atoms with van der Waals surface area (Å²) in [6.07, 6.45) is 5.10. The van der Waals surface area contributed by atoms with Gasteiger partial charge in [-0.05, 0) is 23.8 Å². The first kappa shape index (κ1) is 16.6. The molecule has 7 heteroatoms. The van der Waals surface area contributed by atoms with Gasteiger partial charge < -0.3 is 14.7 Å². The molecule has 1 aromatic rings. The predicted octanol–water partition coefficient (Wildman–Crippen LogP) is 0.462. The molecule has 21 heavy (non-hydrogen) atoms. The third-order valence-corrected chi connectivity index (χ3v) is 2.52. The molecule has 0 saturated heterocycles. The number of methoxy groups -OCH3 is 2. The van der Waals surface area contributed by atoms with E-state index in [1.807, 2.05) is 0 Å². The van der Waals surface area contributed by atoms with Crippen molar-refractivity contribution in [3.8, 4) is 0 Å². The fraction of sp³-hybridized carbons (Fsp3) is 0.143. The quantitative estimate of drug-likeness (QED) is 0.465. The van der Waals surface area contributed by atoms with Crippen molar-refractivity contribution in [1.82, 2.24) is 0 Å². The maximum Gasteiger partial charge on any atom is 0.330 e. The Labute approximate surface area is 121 Å². The van der Waals surface area contributed by atoms with E-state index in [1.54, 1.807) is 6.07 Å². The van der Waals surface area contributed by atoms with Gasteiger partial charge in [-0.1, -0.05) is 6.07 Å². The van der Waals surface area contributed by atoms with Crippen LogP contribution in [0.15, 0.2) is 30.4 Å². The number of hydrogen-bond donors (Lipinski definition) is 2. The number of rotatable bonds is 5. The molecule has 0 bridgehead atoms. The van der Waals surface area contributed by atoms with E-state index in [-0.39, 0.29) is 5.69 Å². The van der Waals surface area contributed by atoms with Gasteiger partial charge >= 0.3 is 11.9 Å². The summed E-state index contributed by atoms with van der Waals surface area (Å²) in [6, 6.07) is 4.53. The standard InChI is InChI=1S/C14H15NO6/c1-20-13(16)7-4-10-3-5-11(6-8-14(17)21-2)12(9-10)15(18)19/h3-9,15,18H,1-2H3. The van der Waals surface area contributed by atoms with Gasteiger partial charge in [0, 0.05) is 23.8 Å². The number of hydrogen-bond acceptors (Lipinski definition) is 6. The lowest BCUT2D eigenvalue weighted by Gasteiger charge is -2.14. The van der Waals surface area contributed by atoms with Crippen LogP contribution in [0, 0.1) is 5.21 Å². The summed E-state index contributed by atoms with van der Waals surface area (Å²) in [4.78, 5) is 22.0. The molecule has 1 rings (SSSR count). The van der Waals surface area contributed by atoms with Gasteiger partial charge in [-0.15, -0.1) is 0 Å². The number of quaternary nitrogens is 1. The Morgan fingerprint density at radius 2 is 1.71 bits per heavy atom. The molecular weight excluding hydrogens is 278 g/mol. The van der Waals surface area contributed by atoms with E-state index in [4.69, 9.17) is 0 Å². The Bertz CT molecular complexity index is 577. The molecule has 0 aliphatic heterocycles. The Hall–Kier alpha value is -2.48. The van der Waals surface area contributed by atoms with Crippen LogP contribution >= 0.6 is 0 Å². The van der Waals surface area contributed by atoms with Crippen molar-refractivity contribution in [1.29, 1.82) is 0 Å². The molecule has 1 unspecified atom stereocenters. The minimum Gasteiger partial charge on any atom is -0.595 e. The van der Waals surface area contributed by atoms with Gasteiger partial charge in [0.05, 0.1) is 14.2 Å². The highest BCUT2D eigenvalue weighted by Crippen LogP contribution is 2.17. The third-order valence-electron chi connectivity index (χ3n) is 2.52. The summed E-state index contributed by atoms with van der Waals surface area (Å²) < 4.78 is 8.88. The molecule has 0 heterocycles. The monoisotopic (exact) mass is 293 g/mol. The molecule has 0 aliphatic rings. The SMILES string of the molecule is COC(=O)C=Cc1ccc(C=CC(=O)OC)c([NH+]([O-])O)c1. The molecule has 0 spiro atoms. The van der Waals surface area contributed by atoms with Crippen LogP contribution in [0.2, 0.25) is 0 Å². The first-order chi connectivity index (χ1) is 9.97. The number of carbonyl (C=O) groups is 2. The maximum absolute atomic E-state index is 11.2. The Morgan fingerprint density at radius 1 is 1.14 bits per heavy atom. The molecule has 0 radical (unpaired) electrons. The summed E-state index contributed by atoms with van der Waals surface area (Å²) in [5.41, 5.74) is 0.873. The van der Waals surface area contributed by atoms with E-state index < -0.39 is 17.2 Å². The van der Waals surface area contributed by atoms with Gasteiger partial charge in [0.25, 0.3) is 0 Å². The van der Waals surface area contributed by atoms with Crippen molar-refractivity contribution in [2.45, 2.75) is 0 Å². The van der Waals surface area contributed by atoms with Gasteiger partial charge in [0.2, 0.25) is 0 Å². The molecule has 0 fully saturated rings. The topological polar surface area (TPSA) is 100 Å². The molecule has 112 valence electrons. The minimum absolute atomic E-state index is 0.00201. The lowest BCUT2D eigenvalue weighted by Crippen LogP contribution is -2.99. The first-order valence-corrected chi connectivity index (χ1v) is 5.87. The van der Waals surface area contributed by atoms with Crippen molar-refractivity contribution < 1.29 is 29.5 Å².